The maximum atomic E-state index is 13.6. The fourth-order valence-corrected chi connectivity index (χ4v) is 3.09. The lowest BCUT2D eigenvalue weighted by Gasteiger charge is -2.31. The van der Waals surface area contributed by atoms with Crippen LogP contribution in [0.3, 0.4) is 0 Å². The first-order valence-electron chi connectivity index (χ1n) is 7.56. The van der Waals surface area contributed by atoms with Gasteiger partial charge in [0.1, 0.15) is 5.82 Å². The van der Waals surface area contributed by atoms with E-state index in [4.69, 9.17) is 11.6 Å². The average Bonchev–Trinajstić information content (AvgIpc) is 3.19. The van der Waals surface area contributed by atoms with Crippen molar-refractivity contribution in [3.63, 3.8) is 0 Å². The third-order valence-corrected chi connectivity index (χ3v) is 4.69. The number of rotatable bonds is 7. The van der Waals surface area contributed by atoms with Crippen molar-refractivity contribution in [1.82, 2.24) is 5.32 Å². The quantitative estimate of drug-likeness (QED) is 0.770. The second-order valence-electron chi connectivity index (χ2n) is 6.84. The summed E-state index contributed by atoms with van der Waals surface area (Å²) in [6, 6.07) is 5.14. The van der Waals surface area contributed by atoms with Crippen LogP contribution in [0.2, 0.25) is 5.02 Å². The Morgan fingerprint density at radius 1 is 1.40 bits per heavy atom. The second-order valence-corrected chi connectivity index (χ2v) is 7.22. The lowest BCUT2D eigenvalue weighted by Crippen LogP contribution is -2.37. The van der Waals surface area contributed by atoms with E-state index in [2.05, 4.69) is 26.1 Å². The first-order valence-corrected chi connectivity index (χ1v) is 7.94. The van der Waals surface area contributed by atoms with Crippen LogP contribution in [0.15, 0.2) is 18.2 Å². The monoisotopic (exact) mass is 297 g/mol. The predicted molar refractivity (Wildman–Crippen MR) is 83.7 cm³/mol. The molecule has 0 radical (unpaired) electrons. The van der Waals surface area contributed by atoms with E-state index < -0.39 is 0 Å². The van der Waals surface area contributed by atoms with Gasteiger partial charge in [-0.1, -0.05) is 44.5 Å². The molecule has 1 N–H and O–H groups in total. The molecule has 1 unspecified atom stereocenters. The molecule has 0 amide bonds. The SMILES string of the molecule is CC(C)CNCC(C)(Cc1cccc(F)c1Cl)C1CC1. The summed E-state index contributed by atoms with van der Waals surface area (Å²) in [7, 11) is 0. The van der Waals surface area contributed by atoms with Gasteiger partial charge in [-0.3, -0.25) is 0 Å². The molecule has 0 heterocycles. The standard InChI is InChI=1S/C17H25ClFN/c1-12(2)10-20-11-17(3,14-7-8-14)9-13-5-4-6-15(19)16(13)18/h4-6,12,14,20H,7-11H2,1-3H3. The van der Waals surface area contributed by atoms with Crippen LogP contribution >= 0.6 is 11.6 Å². The van der Waals surface area contributed by atoms with Gasteiger partial charge in [0.15, 0.2) is 0 Å². The molecule has 0 spiro atoms. The zero-order valence-electron chi connectivity index (χ0n) is 12.7. The highest BCUT2D eigenvalue weighted by atomic mass is 35.5. The number of hydrogen-bond acceptors (Lipinski definition) is 1. The van der Waals surface area contributed by atoms with Crippen LogP contribution in [0, 0.1) is 23.1 Å². The normalized spacial score (nSPS) is 18.3. The van der Waals surface area contributed by atoms with Crippen LogP contribution in [0.5, 0.6) is 0 Å². The number of hydrogen-bond donors (Lipinski definition) is 1. The summed E-state index contributed by atoms with van der Waals surface area (Å²) < 4.78 is 13.6. The van der Waals surface area contributed by atoms with Crippen LogP contribution in [-0.2, 0) is 6.42 Å². The maximum Gasteiger partial charge on any atom is 0.142 e. The van der Waals surface area contributed by atoms with Crippen molar-refractivity contribution in [2.75, 3.05) is 13.1 Å². The Balaban J connectivity index is 2.06. The van der Waals surface area contributed by atoms with Crippen LogP contribution in [-0.4, -0.2) is 13.1 Å². The summed E-state index contributed by atoms with van der Waals surface area (Å²) in [5.41, 5.74) is 1.11. The summed E-state index contributed by atoms with van der Waals surface area (Å²) in [6.07, 6.45) is 3.42. The van der Waals surface area contributed by atoms with Gasteiger partial charge >= 0.3 is 0 Å². The summed E-state index contributed by atoms with van der Waals surface area (Å²) in [5.74, 6) is 1.08. The Bertz CT molecular complexity index is 456. The number of benzene rings is 1. The lowest BCUT2D eigenvalue weighted by atomic mass is 9.78. The molecule has 1 atom stereocenters. The Labute approximate surface area is 126 Å². The molecule has 2 rings (SSSR count). The highest BCUT2D eigenvalue weighted by Gasteiger charge is 2.41. The minimum atomic E-state index is -0.308. The fraction of sp³-hybridized carbons (Fsp3) is 0.647. The van der Waals surface area contributed by atoms with E-state index in [-0.39, 0.29) is 11.2 Å². The third-order valence-electron chi connectivity index (χ3n) is 4.27. The smallest absolute Gasteiger partial charge is 0.142 e. The van der Waals surface area contributed by atoms with Crippen LogP contribution in [0.4, 0.5) is 4.39 Å². The molecule has 1 fully saturated rings. The van der Waals surface area contributed by atoms with E-state index in [1.165, 1.54) is 18.9 Å². The maximum absolute atomic E-state index is 13.6. The molecule has 0 bridgehead atoms. The zero-order chi connectivity index (χ0) is 14.8. The van der Waals surface area contributed by atoms with Crippen LogP contribution in [0.1, 0.15) is 39.2 Å². The molecule has 3 heteroatoms. The molecule has 1 saturated carbocycles. The van der Waals surface area contributed by atoms with Crippen molar-refractivity contribution in [3.8, 4) is 0 Å². The second kappa shape index (κ2) is 6.44. The van der Waals surface area contributed by atoms with Crippen molar-refractivity contribution in [1.29, 1.82) is 0 Å². The molecule has 0 aliphatic heterocycles. The molecular weight excluding hydrogens is 273 g/mol. The van der Waals surface area contributed by atoms with Gasteiger partial charge in [0, 0.05) is 6.54 Å². The predicted octanol–water partition coefficient (Wildman–Crippen LogP) is 4.68. The van der Waals surface area contributed by atoms with E-state index in [0.29, 0.717) is 10.9 Å². The molecular formula is C17H25ClFN. The summed E-state index contributed by atoms with van der Waals surface area (Å²) in [5, 5.41) is 3.86. The van der Waals surface area contributed by atoms with E-state index in [1.807, 2.05) is 6.07 Å². The minimum Gasteiger partial charge on any atom is -0.316 e. The van der Waals surface area contributed by atoms with Crippen LogP contribution in [0.25, 0.3) is 0 Å². The van der Waals surface area contributed by atoms with Gasteiger partial charge in [-0.15, -0.1) is 0 Å². The lowest BCUT2D eigenvalue weighted by molar-refractivity contribution is 0.252. The molecule has 112 valence electrons. The van der Waals surface area contributed by atoms with Crippen LogP contribution < -0.4 is 5.32 Å². The van der Waals surface area contributed by atoms with E-state index in [1.54, 1.807) is 6.07 Å². The Kier molecular flexibility index (Phi) is 5.09. The first-order chi connectivity index (χ1) is 9.42. The molecule has 1 aromatic rings. The number of halogens is 2. The molecule has 1 aromatic carbocycles. The van der Waals surface area contributed by atoms with E-state index in [9.17, 15) is 4.39 Å². The van der Waals surface area contributed by atoms with Gasteiger partial charge in [-0.05, 0) is 54.7 Å². The van der Waals surface area contributed by atoms with E-state index in [0.717, 1.165) is 31.0 Å². The Morgan fingerprint density at radius 3 is 2.70 bits per heavy atom. The van der Waals surface area contributed by atoms with Gasteiger partial charge in [0.05, 0.1) is 5.02 Å². The Hall–Kier alpha value is -0.600. The molecule has 1 aliphatic carbocycles. The summed E-state index contributed by atoms with van der Waals surface area (Å²) >= 11 is 6.11. The van der Waals surface area contributed by atoms with Gasteiger partial charge in [-0.2, -0.15) is 0 Å². The largest absolute Gasteiger partial charge is 0.316 e. The molecule has 0 aromatic heterocycles. The summed E-state index contributed by atoms with van der Waals surface area (Å²) in [6.45, 7) is 8.73. The Morgan fingerprint density at radius 2 is 2.10 bits per heavy atom. The minimum absolute atomic E-state index is 0.173. The van der Waals surface area contributed by atoms with Crippen molar-refractivity contribution >= 4 is 11.6 Å². The van der Waals surface area contributed by atoms with Gasteiger partial charge in [-0.25, -0.2) is 4.39 Å². The summed E-state index contributed by atoms with van der Waals surface area (Å²) in [4.78, 5) is 0. The zero-order valence-corrected chi connectivity index (χ0v) is 13.4. The fourth-order valence-electron chi connectivity index (χ4n) is 2.90. The molecule has 0 saturated heterocycles. The van der Waals surface area contributed by atoms with Gasteiger partial charge in [0.2, 0.25) is 0 Å². The number of nitrogens with one attached hydrogen (secondary N) is 1. The first kappa shape index (κ1) is 15.8. The molecule has 1 nitrogen and oxygen atoms in total. The molecule has 1 aliphatic rings. The van der Waals surface area contributed by atoms with Gasteiger partial charge < -0.3 is 5.32 Å². The average molecular weight is 298 g/mol. The van der Waals surface area contributed by atoms with E-state index >= 15 is 0 Å². The van der Waals surface area contributed by atoms with Crippen molar-refractivity contribution in [2.24, 2.45) is 17.3 Å². The van der Waals surface area contributed by atoms with Gasteiger partial charge in [0.25, 0.3) is 0 Å². The van der Waals surface area contributed by atoms with Crippen molar-refractivity contribution in [3.05, 3.63) is 34.6 Å². The van der Waals surface area contributed by atoms with Crippen molar-refractivity contribution in [2.45, 2.75) is 40.0 Å². The highest BCUT2D eigenvalue weighted by molar-refractivity contribution is 6.31. The molecule has 20 heavy (non-hydrogen) atoms. The highest BCUT2D eigenvalue weighted by Crippen LogP contribution is 2.47. The topological polar surface area (TPSA) is 12.0 Å². The third kappa shape index (κ3) is 3.95. The van der Waals surface area contributed by atoms with Crippen molar-refractivity contribution < 1.29 is 4.39 Å².